The molecule has 0 amide bonds. The van der Waals surface area contributed by atoms with Crippen LogP contribution in [0.25, 0.3) is 0 Å². The lowest BCUT2D eigenvalue weighted by Crippen LogP contribution is -2.27. The average molecular weight is 375 g/mol. The van der Waals surface area contributed by atoms with Crippen LogP contribution in [-0.2, 0) is 10.3 Å². The molecule has 1 aliphatic heterocycles. The molecular weight excluding hydrogens is 356 g/mol. The first-order valence-electron chi connectivity index (χ1n) is 7.36. The van der Waals surface area contributed by atoms with E-state index in [1.165, 1.54) is 5.56 Å². The van der Waals surface area contributed by atoms with Crippen molar-refractivity contribution in [1.29, 1.82) is 0 Å². The molecule has 23 heavy (non-hydrogen) atoms. The third-order valence-electron chi connectivity index (χ3n) is 4.25. The molecule has 1 unspecified atom stereocenters. The van der Waals surface area contributed by atoms with Crippen LogP contribution in [-0.4, -0.2) is 19.7 Å². The number of hydrogen-bond donors (Lipinski definition) is 1. The van der Waals surface area contributed by atoms with Crippen LogP contribution in [0.1, 0.15) is 22.3 Å². The summed E-state index contributed by atoms with van der Waals surface area (Å²) in [5.41, 5.74) is 9.51. The van der Waals surface area contributed by atoms with Crippen molar-refractivity contribution < 1.29 is 9.47 Å². The summed E-state index contributed by atoms with van der Waals surface area (Å²) < 4.78 is 11.9. The topological polar surface area (TPSA) is 56.8 Å². The van der Waals surface area contributed by atoms with Gasteiger partial charge in [0, 0.05) is 4.47 Å². The molecule has 0 radical (unpaired) electrons. The fourth-order valence-electron chi connectivity index (χ4n) is 2.88. The van der Waals surface area contributed by atoms with E-state index in [1.807, 2.05) is 19.1 Å². The molecule has 2 aromatic rings. The van der Waals surface area contributed by atoms with Crippen molar-refractivity contribution in [3.05, 3.63) is 63.1 Å². The zero-order valence-electron chi connectivity index (χ0n) is 13.4. The van der Waals surface area contributed by atoms with Gasteiger partial charge in [0.25, 0.3) is 6.02 Å². The van der Waals surface area contributed by atoms with E-state index in [0.717, 1.165) is 26.9 Å². The summed E-state index contributed by atoms with van der Waals surface area (Å²) in [4.78, 5) is 4.64. The van der Waals surface area contributed by atoms with Crippen LogP contribution in [0.3, 0.4) is 0 Å². The van der Waals surface area contributed by atoms with Gasteiger partial charge >= 0.3 is 0 Å². The van der Waals surface area contributed by atoms with Gasteiger partial charge < -0.3 is 15.2 Å². The molecule has 0 aromatic heterocycles. The fraction of sp³-hybridized carbons (Fsp3) is 0.278. The van der Waals surface area contributed by atoms with Gasteiger partial charge in [0.05, 0.1) is 7.11 Å². The van der Waals surface area contributed by atoms with Crippen LogP contribution in [0.4, 0.5) is 0 Å². The van der Waals surface area contributed by atoms with Crippen LogP contribution < -0.4 is 10.5 Å². The number of halogens is 1. The van der Waals surface area contributed by atoms with Gasteiger partial charge in [-0.25, -0.2) is 4.99 Å². The number of ether oxygens (including phenoxy) is 2. The number of rotatable bonds is 3. The third kappa shape index (κ3) is 2.70. The van der Waals surface area contributed by atoms with Crippen LogP contribution in [0.2, 0.25) is 0 Å². The molecule has 0 spiro atoms. The Morgan fingerprint density at radius 2 is 1.83 bits per heavy atom. The lowest BCUT2D eigenvalue weighted by Gasteiger charge is -2.26. The number of aryl methyl sites for hydroxylation is 2. The molecule has 0 fully saturated rings. The van der Waals surface area contributed by atoms with Crippen LogP contribution in [0, 0.1) is 13.8 Å². The highest BCUT2D eigenvalue weighted by Crippen LogP contribution is 2.40. The zero-order valence-corrected chi connectivity index (χ0v) is 15.0. The van der Waals surface area contributed by atoms with Crippen molar-refractivity contribution >= 4 is 22.0 Å². The lowest BCUT2D eigenvalue weighted by atomic mass is 9.83. The summed E-state index contributed by atoms with van der Waals surface area (Å²) >= 11 is 3.60. The van der Waals surface area contributed by atoms with Gasteiger partial charge in [-0.15, -0.1) is 0 Å². The van der Waals surface area contributed by atoms with E-state index >= 15 is 0 Å². The first-order chi connectivity index (χ1) is 11.0. The monoisotopic (exact) mass is 374 g/mol. The molecule has 1 aliphatic rings. The molecule has 0 saturated heterocycles. The molecule has 0 bridgehead atoms. The summed E-state index contributed by atoms with van der Waals surface area (Å²) in [6, 6.07) is 12.5. The number of aliphatic imine (C=N–C) groups is 1. The Labute approximate surface area is 144 Å². The minimum absolute atomic E-state index is 0.218. The van der Waals surface area contributed by atoms with E-state index < -0.39 is 5.54 Å². The Bertz CT molecular complexity index is 789. The fourth-order valence-corrected chi connectivity index (χ4v) is 3.26. The minimum atomic E-state index is -0.628. The predicted octanol–water partition coefficient (Wildman–Crippen LogP) is 3.66. The highest BCUT2D eigenvalue weighted by Gasteiger charge is 2.40. The Kier molecular flexibility index (Phi) is 4.06. The maximum atomic E-state index is 5.84. The minimum Gasteiger partial charge on any atom is -0.496 e. The van der Waals surface area contributed by atoms with E-state index in [9.17, 15) is 0 Å². The normalized spacial score (nSPS) is 20.1. The summed E-state index contributed by atoms with van der Waals surface area (Å²) in [5.74, 6) is 0.852. The average Bonchev–Trinajstić information content (AvgIpc) is 2.93. The van der Waals surface area contributed by atoms with Crippen molar-refractivity contribution in [2.24, 2.45) is 10.7 Å². The standard InChI is InChI=1S/C18H19BrN2O2/c1-11-4-5-14(9-15(11)19)18(10-23-17(20)21-18)13-6-7-16(22-3)12(2)8-13/h4-9H,10H2,1-3H3,(H2,20,21). The summed E-state index contributed by atoms with van der Waals surface area (Å²) in [7, 11) is 1.67. The Morgan fingerprint density at radius 3 is 2.39 bits per heavy atom. The largest absolute Gasteiger partial charge is 0.496 e. The summed E-state index contributed by atoms with van der Waals surface area (Å²) in [5, 5.41) is 0. The SMILES string of the molecule is COc1ccc(C2(c3ccc(C)c(Br)c3)COC(N)=N2)cc1C. The maximum Gasteiger partial charge on any atom is 0.283 e. The van der Waals surface area contributed by atoms with E-state index in [1.54, 1.807) is 7.11 Å². The van der Waals surface area contributed by atoms with Gasteiger partial charge in [-0.05, 0) is 54.3 Å². The maximum absolute atomic E-state index is 5.84. The van der Waals surface area contributed by atoms with E-state index in [-0.39, 0.29) is 6.02 Å². The molecule has 4 nitrogen and oxygen atoms in total. The highest BCUT2D eigenvalue weighted by atomic mass is 79.9. The molecule has 1 atom stereocenters. The van der Waals surface area contributed by atoms with Crippen molar-refractivity contribution in [3.8, 4) is 5.75 Å². The smallest absolute Gasteiger partial charge is 0.283 e. The Balaban J connectivity index is 2.18. The molecule has 120 valence electrons. The number of hydrogen-bond acceptors (Lipinski definition) is 4. The van der Waals surface area contributed by atoms with Gasteiger partial charge in [-0.3, -0.25) is 0 Å². The second-order valence-corrected chi connectivity index (χ2v) is 6.60. The number of methoxy groups -OCH3 is 1. The van der Waals surface area contributed by atoms with Crippen molar-refractivity contribution in [3.63, 3.8) is 0 Å². The predicted molar refractivity (Wildman–Crippen MR) is 95.0 cm³/mol. The van der Waals surface area contributed by atoms with Crippen molar-refractivity contribution in [1.82, 2.24) is 0 Å². The first-order valence-corrected chi connectivity index (χ1v) is 8.15. The number of nitrogens with two attached hydrogens (primary N) is 1. The number of nitrogens with zero attached hydrogens (tertiary/aromatic N) is 1. The van der Waals surface area contributed by atoms with Gasteiger partial charge in [-0.1, -0.05) is 34.1 Å². The van der Waals surface area contributed by atoms with E-state index in [2.05, 4.69) is 52.1 Å². The highest BCUT2D eigenvalue weighted by molar-refractivity contribution is 9.10. The van der Waals surface area contributed by atoms with Gasteiger partial charge in [0.15, 0.2) is 5.54 Å². The molecule has 2 aromatic carbocycles. The zero-order chi connectivity index (χ0) is 16.6. The molecule has 5 heteroatoms. The summed E-state index contributed by atoms with van der Waals surface area (Å²) in [6.07, 6.45) is 0. The number of amidine groups is 1. The Hall–Kier alpha value is -2.01. The Morgan fingerprint density at radius 1 is 1.13 bits per heavy atom. The second-order valence-electron chi connectivity index (χ2n) is 5.75. The quantitative estimate of drug-likeness (QED) is 0.891. The molecular formula is C18H19BrN2O2. The van der Waals surface area contributed by atoms with Crippen molar-refractivity contribution in [2.45, 2.75) is 19.4 Å². The van der Waals surface area contributed by atoms with Gasteiger partial charge in [-0.2, -0.15) is 0 Å². The van der Waals surface area contributed by atoms with E-state index in [4.69, 9.17) is 15.2 Å². The van der Waals surface area contributed by atoms with Gasteiger partial charge in [0.1, 0.15) is 12.4 Å². The van der Waals surface area contributed by atoms with Crippen molar-refractivity contribution in [2.75, 3.05) is 13.7 Å². The molecule has 3 rings (SSSR count). The van der Waals surface area contributed by atoms with Crippen LogP contribution >= 0.6 is 15.9 Å². The first kappa shape index (κ1) is 15.9. The molecule has 1 heterocycles. The molecule has 0 saturated carbocycles. The third-order valence-corrected chi connectivity index (χ3v) is 5.11. The number of benzene rings is 2. The molecule has 2 N–H and O–H groups in total. The second kappa shape index (κ2) is 5.89. The van der Waals surface area contributed by atoms with E-state index in [0.29, 0.717) is 6.61 Å². The van der Waals surface area contributed by atoms with Crippen LogP contribution in [0.15, 0.2) is 45.9 Å². The van der Waals surface area contributed by atoms with Gasteiger partial charge in [0.2, 0.25) is 0 Å². The lowest BCUT2D eigenvalue weighted by molar-refractivity contribution is 0.278. The molecule has 0 aliphatic carbocycles. The van der Waals surface area contributed by atoms with Crippen LogP contribution in [0.5, 0.6) is 5.75 Å². The summed E-state index contributed by atoms with van der Waals surface area (Å²) in [6.45, 7) is 4.46.